The normalized spacial score (nSPS) is 13.0. The largest absolute Gasteiger partial charge is 0.313 e. The van der Waals surface area contributed by atoms with E-state index in [1.54, 1.807) is 12.1 Å². The molecule has 0 aliphatic heterocycles. The van der Waals surface area contributed by atoms with Crippen molar-refractivity contribution in [3.63, 3.8) is 0 Å². The second-order valence-corrected chi connectivity index (χ2v) is 2.57. The van der Waals surface area contributed by atoms with E-state index in [1.807, 2.05) is 20.0 Å². The van der Waals surface area contributed by atoms with Crippen molar-refractivity contribution in [2.24, 2.45) is 0 Å². The lowest BCUT2D eigenvalue weighted by Gasteiger charge is -2.09. The zero-order valence-electron chi connectivity index (χ0n) is 6.76. The van der Waals surface area contributed by atoms with E-state index in [-0.39, 0.29) is 11.9 Å². The van der Waals surface area contributed by atoms with Gasteiger partial charge in [-0.2, -0.15) is 0 Å². The minimum atomic E-state index is -0.176. The molecule has 0 saturated carbocycles. The average Bonchev–Trinajstić information content (AvgIpc) is 2.03. The lowest BCUT2D eigenvalue weighted by atomic mass is 10.1. The molecular formula is C9H12FN. The lowest BCUT2D eigenvalue weighted by molar-refractivity contribution is 0.608. The molecule has 11 heavy (non-hydrogen) atoms. The van der Waals surface area contributed by atoms with Gasteiger partial charge < -0.3 is 5.32 Å². The Labute approximate surface area is 66.2 Å². The first-order valence-corrected chi connectivity index (χ1v) is 3.67. The number of nitrogens with one attached hydrogen (secondary N) is 1. The summed E-state index contributed by atoms with van der Waals surface area (Å²) in [5, 5.41) is 3.04. The third kappa shape index (κ3) is 2.02. The standard InChI is InChI=1S/C9H12FN/c1-7(11-2)8-4-3-5-9(10)6-8/h3-7,11H,1-2H3/t7-/m1/s1. The van der Waals surface area contributed by atoms with Crippen LogP contribution in [0.15, 0.2) is 24.3 Å². The molecule has 0 heterocycles. The van der Waals surface area contributed by atoms with Crippen LogP contribution in [-0.2, 0) is 0 Å². The highest BCUT2D eigenvalue weighted by molar-refractivity contribution is 5.19. The summed E-state index contributed by atoms with van der Waals surface area (Å²) < 4.78 is 12.6. The van der Waals surface area contributed by atoms with E-state index in [2.05, 4.69) is 5.32 Å². The summed E-state index contributed by atoms with van der Waals surface area (Å²) in [6.45, 7) is 1.99. The molecule has 0 radical (unpaired) electrons. The zero-order chi connectivity index (χ0) is 8.27. The highest BCUT2D eigenvalue weighted by Gasteiger charge is 2.01. The molecule has 1 N–H and O–H groups in total. The molecule has 0 aliphatic rings. The summed E-state index contributed by atoms with van der Waals surface area (Å²) in [6, 6.07) is 6.83. The molecule has 0 amide bonds. The summed E-state index contributed by atoms with van der Waals surface area (Å²) in [5.41, 5.74) is 0.979. The third-order valence-corrected chi connectivity index (χ3v) is 1.78. The molecule has 1 rings (SSSR count). The molecule has 0 aromatic heterocycles. The number of halogens is 1. The van der Waals surface area contributed by atoms with Crippen molar-refractivity contribution in [2.45, 2.75) is 13.0 Å². The summed E-state index contributed by atoms with van der Waals surface area (Å²) in [5.74, 6) is -0.176. The maximum Gasteiger partial charge on any atom is 0.123 e. The van der Waals surface area contributed by atoms with Gasteiger partial charge in [0.15, 0.2) is 0 Å². The lowest BCUT2D eigenvalue weighted by Crippen LogP contribution is -2.12. The molecule has 2 heteroatoms. The average molecular weight is 153 g/mol. The highest BCUT2D eigenvalue weighted by atomic mass is 19.1. The predicted octanol–water partition coefficient (Wildman–Crippen LogP) is 2.11. The maximum absolute atomic E-state index is 12.6. The minimum absolute atomic E-state index is 0.176. The van der Waals surface area contributed by atoms with Crippen LogP contribution in [0.3, 0.4) is 0 Å². The van der Waals surface area contributed by atoms with Crippen LogP contribution in [0.5, 0.6) is 0 Å². The molecule has 0 bridgehead atoms. The second kappa shape index (κ2) is 3.49. The first-order chi connectivity index (χ1) is 5.24. The van der Waals surface area contributed by atoms with Crippen molar-refractivity contribution in [1.82, 2.24) is 5.32 Å². The molecule has 1 aromatic carbocycles. The van der Waals surface area contributed by atoms with Crippen LogP contribution >= 0.6 is 0 Å². The van der Waals surface area contributed by atoms with E-state index in [9.17, 15) is 4.39 Å². The van der Waals surface area contributed by atoms with E-state index >= 15 is 0 Å². The summed E-state index contributed by atoms with van der Waals surface area (Å²) >= 11 is 0. The quantitative estimate of drug-likeness (QED) is 0.686. The Balaban J connectivity index is 2.86. The maximum atomic E-state index is 12.6. The van der Waals surface area contributed by atoms with Crippen LogP contribution in [0.25, 0.3) is 0 Å². The fourth-order valence-electron chi connectivity index (χ4n) is 0.943. The van der Waals surface area contributed by atoms with Crippen molar-refractivity contribution < 1.29 is 4.39 Å². The first-order valence-electron chi connectivity index (χ1n) is 3.67. The number of hydrogen-bond donors (Lipinski definition) is 1. The summed E-state index contributed by atoms with van der Waals surface area (Å²) in [6.07, 6.45) is 0. The van der Waals surface area contributed by atoms with Gasteiger partial charge in [0, 0.05) is 6.04 Å². The van der Waals surface area contributed by atoms with Crippen molar-refractivity contribution in [1.29, 1.82) is 0 Å². The monoisotopic (exact) mass is 153 g/mol. The fourth-order valence-corrected chi connectivity index (χ4v) is 0.943. The first kappa shape index (κ1) is 8.21. The molecule has 1 atom stereocenters. The molecule has 60 valence electrons. The van der Waals surface area contributed by atoms with Crippen LogP contribution in [0.1, 0.15) is 18.5 Å². The Kier molecular flexibility index (Phi) is 2.60. The number of hydrogen-bond acceptors (Lipinski definition) is 1. The SMILES string of the molecule is CN[C@H](C)c1cccc(F)c1. The summed E-state index contributed by atoms with van der Waals surface area (Å²) in [4.78, 5) is 0. The molecule has 0 fully saturated rings. The van der Waals surface area contributed by atoms with Gasteiger partial charge in [0.05, 0.1) is 0 Å². The molecule has 0 saturated heterocycles. The van der Waals surface area contributed by atoms with Crippen LogP contribution in [-0.4, -0.2) is 7.05 Å². The van der Waals surface area contributed by atoms with E-state index in [0.29, 0.717) is 0 Å². The van der Waals surface area contributed by atoms with Gasteiger partial charge in [0.2, 0.25) is 0 Å². The second-order valence-electron chi connectivity index (χ2n) is 2.57. The third-order valence-electron chi connectivity index (χ3n) is 1.78. The van der Waals surface area contributed by atoms with E-state index in [0.717, 1.165) is 5.56 Å². The molecule has 0 spiro atoms. The molecule has 1 nitrogen and oxygen atoms in total. The zero-order valence-corrected chi connectivity index (χ0v) is 6.76. The van der Waals surface area contributed by atoms with Crippen molar-refractivity contribution in [3.8, 4) is 0 Å². The van der Waals surface area contributed by atoms with Gasteiger partial charge in [-0.05, 0) is 31.7 Å². The topological polar surface area (TPSA) is 12.0 Å². The van der Waals surface area contributed by atoms with E-state index in [1.165, 1.54) is 6.07 Å². The van der Waals surface area contributed by atoms with Gasteiger partial charge in [-0.1, -0.05) is 12.1 Å². The van der Waals surface area contributed by atoms with Gasteiger partial charge in [0.25, 0.3) is 0 Å². The predicted molar refractivity (Wildman–Crippen MR) is 43.9 cm³/mol. The Morgan fingerprint density at radius 3 is 2.73 bits per heavy atom. The van der Waals surface area contributed by atoms with Gasteiger partial charge in [0.1, 0.15) is 5.82 Å². The Hall–Kier alpha value is -0.890. The van der Waals surface area contributed by atoms with Crippen molar-refractivity contribution in [2.75, 3.05) is 7.05 Å². The minimum Gasteiger partial charge on any atom is -0.313 e. The van der Waals surface area contributed by atoms with Gasteiger partial charge in [-0.25, -0.2) is 4.39 Å². The Bertz CT molecular complexity index is 235. The van der Waals surface area contributed by atoms with Crippen molar-refractivity contribution in [3.05, 3.63) is 35.6 Å². The molecule has 0 unspecified atom stereocenters. The molecular weight excluding hydrogens is 141 g/mol. The molecule has 0 aliphatic carbocycles. The van der Waals surface area contributed by atoms with Gasteiger partial charge >= 0.3 is 0 Å². The van der Waals surface area contributed by atoms with Crippen LogP contribution in [0.4, 0.5) is 4.39 Å². The van der Waals surface area contributed by atoms with E-state index < -0.39 is 0 Å². The highest BCUT2D eigenvalue weighted by Crippen LogP contribution is 2.11. The number of rotatable bonds is 2. The fraction of sp³-hybridized carbons (Fsp3) is 0.333. The van der Waals surface area contributed by atoms with E-state index in [4.69, 9.17) is 0 Å². The summed E-state index contributed by atoms with van der Waals surface area (Å²) in [7, 11) is 1.86. The van der Waals surface area contributed by atoms with Crippen LogP contribution < -0.4 is 5.32 Å². The smallest absolute Gasteiger partial charge is 0.123 e. The molecule has 1 aromatic rings. The number of benzene rings is 1. The van der Waals surface area contributed by atoms with Crippen molar-refractivity contribution >= 4 is 0 Å². The van der Waals surface area contributed by atoms with Crippen LogP contribution in [0, 0.1) is 5.82 Å². The Morgan fingerprint density at radius 1 is 1.45 bits per heavy atom. The van der Waals surface area contributed by atoms with Gasteiger partial charge in [-0.3, -0.25) is 0 Å². The Morgan fingerprint density at radius 2 is 2.18 bits per heavy atom. The van der Waals surface area contributed by atoms with Gasteiger partial charge in [-0.15, -0.1) is 0 Å². The van der Waals surface area contributed by atoms with Crippen LogP contribution in [0.2, 0.25) is 0 Å².